The number of nitrogens with zero attached hydrogens (tertiary/aromatic N) is 3. The fourth-order valence-electron chi connectivity index (χ4n) is 2.11. The third-order valence-electron chi connectivity index (χ3n) is 3.27. The Morgan fingerprint density at radius 1 is 1.26 bits per heavy atom. The molecule has 0 aliphatic rings. The Kier molecular flexibility index (Phi) is 6.56. The Morgan fingerprint density at radius 2 is 2.00 bits per heavy atom. The molecule has 0 fully saturated rings. The number of amides is 1. The van der Waals surface area contributed by atoms with E-state index in [1.54, 1.807) is 6.92 Å². The van der Waals surface area contributed by atoms with Gasteiger partial charge in [-0.15, -0.1) is 0 Å². The molecule has 2 N–H and O–H groups in total. The highest BCUT2D eigenvalue weighted by molar-refractivity contribution is 5.88. The second-order valence-corrected chi connectivity index (χ2v) is 5.82. The zero-order valence-corrected chi connectivity index (χ0v) is 15.5. The molecule has 2 heterocycles. The second-order valence-electron chi connectivity index (χ2n) is 5.82. The van der Waals surface area contributed by atoms with Crippen molar-refractivity contribution in [2.75, 3.05) is 31.0 Å². The first-order chi connectivity index (χ1) is 12.7. The average Bonchev–Trinajstić information content (AvgIpc) is 2.55. The lowest BCUT2D eigenvalue weighted by atomic mass is 10.2. The molecule has 0 aromatic carbocycles. The van der Waals surface area contributed by atoms with Crippen molar-refractivity contribution >= 4 is 23.4 Å². The third kappa shape index (κ3) is 6.10. The summed E-state index contributed by atoms with van der Waals surface area (Å²) in [4.78, 5) is 23.3. The van der Waals surface area contributed by atoms with E-state index in [1.807, 2.05) is 0 Å². The van der Waals surface area contributed by atoms with Crippen LogP contribution in [-0.2, 0) is 15.5 Å². The highest BCUT2D eigenvalue weighted by atomic mass is 19.3. The third-order valence-corrected chi connectivity index (χ3v) is 3.27. The van der Waals surface area contributed by atoms with Crippen LogP contribution in [0.15, 0.2) is 18.3 Å². The van der Waals surface area contributed by atoms with Gasteiger partial charge in [0.15, 0.2) is 5.75 Å². The molecule has 0 unspecified atom stereocenters. The first-order valence-corrected chi connectivity index (χ1v) is 8.09. The molecule has 8 nitrogen and oxygen atoms in total. The Balaban J connectivity index is 2.36. The molecule has 0 bridgehead atoms. The number of anilines is 3. The van der Waals surface area contributed by atoms with Crippen molar-refractivity contribution in [1.82, 2.24) is 15.0 Å². The largest absolute Gasteiger partial charge is 0.487 e. The maximum atomic E-state index is 13.6. The van der Waals surface area contributed by atoms with E-state index < -0.39 is 11.6 Å². The van der Waals surface area contributed by atoms with Gasteiger partial charge in [-0.3, -0.25) is 4.79 Å². The van der Waals surface area contributed by atoms with Gasteiger partial charge in [-0.05, 0) is 13.0 Å². The summed E-state index contributed by atoms with van der Waals surface area (Å²) < 4.78 is 37.8. The van der Waals surface area contributed by atoms with Crippen LogP contribution in [0.3, 0.4) is 0 Å². The van der Waals surface area contributed by atoms with Crippen LogP contribution in [0, 0.1) is 6.92 Å². The standard InChI is InChI=1S/C17H21F2N5O3/c1-10-7-14(17(3,18)19)24-16(21-10)23-12-8-15(22-11(2)25)20-9-13(12)27-6-5-26-4/h7-9H,5-6H2,1-4H3,(H2,20,21,22,23,24,25). The quantitative estimate of drug-likeness (QED) is 0.678. The van der Waals surface area contributed by atoms with Gasteiger partial charge in [0.25, 0.3) is 5.92 Å². The van der Waals surface area contributed by atoms with Crippen molar-refractivity contribution in [1.29, 1.82) is 0 Å². The summed E-state index contributed by atoms with van der Waals surface area (Å²) >= 11 is 0. The van der Waals surface area contributed by atoms with E-state index in [4.69, 9.17) is 9.47 Å². The van der Waals surface area contributed by atoms with Gasteiger partial charge in [0.2, 0.25) is 11.9 Å². The minimum absolute atomic E-state index is 0.0249. The van der Waals surface area contributed by atoms with Crippen LogP contribution in [0.4, 0.5) is 26.2 Å². The summed E-state index contributed by atoms with van der Waals surface area (Å²) in [5.74, 6) is -2.85. The van der Waals surface area contributed by atoms with Gasteiger partial charge in [0.1, 0.15) is 18.1 Å². The molecule has 2 rings (SSSR count). The normalized spacial score (nSPS) is 11.2. The molecule has 27 heavy (non-hydrogen) atoms. The predicted molar refractivity (Wildman–Crippen MR) is 95.5 cm³/mol. The van der Waals surface area contributed by atoms with Gasteiger partial charge in [0.05, 0.1) is 18.5 Å². The Labute approximate surface area is 155 Å². The zero-order chi connectivity index (χ0) is 20.0. The van der Waals surface area contributed by atoms with E-state index in [9.17, 15) is 13.6 Å². The minimum atomic E-state index is -3.11. The van der Waals surface area contributed by atoms with Crippen molar-refractivity contribution in [3.63, 3.8) is 0 Å². The summed E-state index contributed by atoms with van der Waals surface area (Å²) in [6.07, 6.45) is 1.40. The molecule has 0 saturated heterocycles. The summed E-state index contributed by atoms with van der Waals surface area (Å²) in [6, 6.07) is 2.72. The first kappa shape index (κ1) is 20.4. The van der Waals surface area contributed by atoms with Gasteiger partial charge in [0, 0.05) is 32.7 Å². The van der Waals surface area contributed by atoms with Crippen LogP contribution >= 0.6 is 0 Å². The molecule has 10 heteroatoms. The highest BCUT2D eigenvalue weighted by Crippen LogP contribution is 2.30. The number of carbonyl (C=O) groups excluding carboxylic acids is 1. The number of ether oxygens (including phenoxy) is 2. The summed E-state index contributed by atoms with van der Waals surface area (Å²) in [5, 5.41) is 5.40. The van der Waals surface area contributed by atoms with Crippen molar-refractivity contribution in [3.05, 3.63) is 29.7 Å². The smallest absolute Gasteiger partial charge is 0.287 e. The van der Waals surface area contributed by atoms with E-state index >= 15 is 0 Å². The van der Waals surface area contributed by atoms with E-state index in [2.05, 4.69) is 25.6 Å². The fraction of sp³-hybridized carbons (Fsp3) is 0.412. The number of halogens is 2. The molecule has 2 aromatic rings. The number of rotatable bonds is 8. The number of aryl methyl sites for hydroxylation is 1. The molecule has 0 aliphatic carbocycles. The van der Waals surface area contributed by atoms with Crippen molar-refractivity contribution in [2.45, 2.75) is 26.7 Å². The van der Waals surface area contributed by atoms with E-state index in [0.717, 1.165) is 6.92 Å². The van der Waals surface area contributed by atoms with Gasteiger partial charge >= 0.3 is 0 Å². The van der Waals surface area contributed by atoms with Crippen LogP contribution in [-0.4, -0.2) is 41.2 Å². The molecule has 0 aliphatic heterocycles. The number of alkyl halides is 2. The number of carbonyl (C=O) groups is 1. The summed E-state index contributed by atoms with van der Waals surface area (Å²) in [6.45, 7) is 4.29. The Morgan fingerprint density at radius 3 is 2.63 bits per heavy atom. The molecular weight excluding hydrogens is 360 g/mol. The van der Waals surface area contributed by atoms with Crippen molar-refractivity contribution < 1.29 is 23.0 Å². The molecule has 0 atom stereocenters. The SMILES string of the molecule is COCCOc1cnc(NC(C)=O)cc1Nc1nc(C)cc(C(C)(F)F)n1. The molecule has 0 spiro atoms. The Hall–Kier alpha value is -2.88. The lowest BCUT2D eigenvalue weighted by Crippen LogP contribution is -2.14. The lowest BCUT2D eigenvalue weighted by molar-refractivity contribution is -0.114. The van der Waals surface area contributed by atoms with Crippen LogP contribution < -0.4 is 15.4 Å². The number of aromatic nitrogens is 3. The number of hydrogen-bond donors (Lipinski definition) is 2. The maximum absolute atomic E-state index is 13.6. The molecule has 146 valence electrons. The van der Waals surface area contributed by atoms with Gasteiger partial charge in [-0.2, -0.15) is 8.78 Å². The predicted octanol–water partition coefficient (Wildman–Crippen LogP) is 3.02. The van der Waals surface area contributed by atoms with Crippen molar-refractivity contribution in [3.8, 4) is 5.75 Å². The van der Waals surface area contributed by atoms with E-state index in [0.29, 0.717) is 23.7 Å². The lowest BCUT2D eigenvalue weighted by Gasteiger charge is -2.15. The molecule has 0 saturated carbocycles. The fourth-order valence-corrected chi connectivity index (χ4v) is 2.11. The number of nitrogens with one attached hydrogen (secondary N) is 2. The number of pyridine rings is 1. The highest BCUT2D eigenvalue weighted by Gasteiger charge is 2.27. The first-order valence-electron chi connectivity index (χ1n) is 8.09. The number of hydrogen-bond acceptors (Lipinski definition) is 7. The maximum Gasteiger partial charge on any atom is 0.287 e. The molecule has 0 radical (unpaired) electrons. The van der Waals surface area contributed by atoms with E-state index in [-0.39, 0.29) is 24.3 Å². The minimum Gasteiger partial charge on any atom is -0.487 e. The van der Waals surface area contributed by atoms with Crippen LogP contribution in [0.5, 0.6) is 5.75 Å². The zero-order valence-electron chi connectivity index (χ0n) is 15.5. The monoisotopic (exact) mass is 381 g/mol. The molecule has 2 aromatic heterocycles. The summed E-state index contributed by atoms with van der Waals surface area (Å²) in [7, 11) is 1.54. The molecule has 1 amide bonds. The summed E-state index contributed by atoms with van der Waals surface area (Å²) in [5.41, 5.74) is 0.332. The van der Waals surface area contributed by atoms with Crippen LogP contribution in [0.2, 0.25) is 0 Å². The average molecular weight is 381 g/mol. The van der Waals surface area contributed by atoms with Crippen molar-refractivity contribution in [2.24, 2.45) is 0 Å². The Bertz CT molecular complexity index is 812. The van der Waals surface area contributed by atoms with Gasteiger partial charge in [-0.25, -0.2) is 15.0 Å². The second kappa shape index (κ2) is 8.67. The van der Waals surface area contributed by atoms with Gasteiger partial charge in [-0.1, -0.05) is 0 Å². The topological polar surface area (TPSA) is 98.3 Å². The van der Waals surface area contributed by atoms with E-state index in [1.165, 1.54) is 32.4 Å². The van der Waals surface area contributed by atoms with Crippen LogP contribution in [0.25, 0.3) is 0 Å². The van der Waals surface area contributed by atoms with Gasteiger partial charge < -0.3 is 20.1 Å². The molecular formula is C17H21F2N5O3. The number of methoxy groups -OCH3 is 1. The van der Waals surface area contributed by atoms with Crippen LogP contribution in [0.1, 0.15) is 25.2 Å².